The molecule has 1 saturated carbocycles. The summed E-state index contributed by atoms with van der Waals surface area (Å²) in [6.45, 7) is 5.07. The van der Waals surface area contributed by atoms with Gasteiger partial charge in [0, 0.05) is 13.1 Å². The van der Waals surface area contributed by atoms with E-state index in [2.05, 4.69) is 11.8 Å². The fourth-order valence-electron chi connectivity index (χ4n) is 2.66. The standard InChI is InChI=1S/C17H26N2O2/c1-3-19(13-14-9-10-14)12-11-17(18,16(20)21-2)15-7-5-4-6-8-15/h4-8,14H,3,9-13,18H2,1-2H3. The lowest BCUT2D eigenvalue weighted by atomic mass is 9.87. The van der Waals surface area contributed by atoms with Crippen molar-refractivity contribution in [1.29, 1.82) is 0 Å². The number of nitrogens with zero attached hydrogens (tertiary/aromatic N) is 1. The first-order chi connectivity index (χ1) is 10.1. The van der Waals surface area contributed by atoms with Gasteiger partial charge in [0.2, 0.25) is 0 Å². The Kier molecular flexibility index (Phi) is 5.37. The van der Waals surface area contributed by atoms with E-state index in [9.17, 15) is 4.79 Å². The van der Waals surface area contributed by atoms with Crippen LogP contribution in [0.1, 0.15) is 31.7 Å². The summed E-state index contributed by atoms with van der Waals surface area (Å²) in [5.41, 5.74) is 6.18. The lowest BCUT2D eigenvalue weighted by Crippen LogP contribution is -2.48. The van der Waals surface area contributed by atoms with E-state index in [0.29, 0.717) is 6.42 Å². The van der Waals surface area contributed by atoms with Crippen LogP contribution in [0.15, 0.2) is 30.3 Å². The first-order valence-electron chi connectivity index (χ1n) is 7.75. The van der Waals surface area contributed by atoms with E-state index in [1.807, 2.05) is 30.3 Å². The summed E-state index contributed by atoms with van der Waals surface area (Å²) in [6.07, 6.45) is 3.24. The van der Waals surface area contributed by atoms with Crippen molar-refractivity contribution in [1.82, 2.24) is 4.90 Å². The molecule has 4 nitrogen and oxygen atoms in total. The quantitative estimate of drug-likeness (QED) is 0.745. The van der Waals surface area contributed by atoms with Crippen LogP contribution in [0, 0.1) is 5.92 Å². The minimum atomic E-state index is -1.06. The van der Waals surface area contributed by atoms with Crippen LogP contribution in [0.5, 0.6) is 0 Å². The van der Waals surface area contributed by atoms with Gasteiger partial charge in [-0.1, -0.05) is 37.3 Å². The van der Waals surface area contributed by atoms with Gasteiger partial charge in [-0.2, -0.15) is 0 Å². The first kappa shape index (κ1) is 16.0. The number of hydrogen-bond donors (Lipinski definition) is 1. The highest BCUT2D eigenvalue weighted by atomic mass is 16.5. The monoisotopic (exact) mass is 290 g/mol. The zero-order chi connectivity index (χ0) is 15.3. The molecule has 1 fully saturated rings. The van der Waals surface area contributed by atoms with Gasteiger partial charge in [0.1, 0.15) is 5.54 Å². The van der Waals surface area contributed by atoms with Gasteiger partial charge in [0.25, 0.3) is 0 Å². The van der Waals surface area contributed by atoms with Crippen LogP contribution in [0.3, 0.4) is 0 Å². The number of ether oxygens (including phenoxy) is 1. The van der Waals surface area contributed by atoms with E-state index in [1.54, 1.807) is 0 Å². The van der Waals surface area contributed by atoms with Crippen LogP contribution < -0.4 is 5.73 Å². The lowest BCUT2D eigenvalue weighted by molar-refractivity contribution is -0.148. The van der Waals surface area contributed by atoms with Gasteiger partial charge in [-0.25, -0.2) is 4.79 Å². The van der Waals surface area contributed by atoms with Crippen LogP contribution in [0.2, 0.25) is 0 Å². The Hall–Kier alpha value is -1.39. The number of esters is 1. The lowest BCUT2D eigenvalue weighted by Gasteiger charge is -2.30. The third-order valence-electron chi connectivity index (χ3n) is 4.32. The number of methoxy groups -OCH3 is 1. The van der Waals surface area contributed by atoms with Crippen LogP contribution in [-0.2, 0) is 15.1 Å². The molecular weight excluding hydrogens is 264 g/mol. The normalized spacial score (nSPS) is 17.5. The number of nitrogens with two attached hydrogens (primary N) is 1. The van der Waals surface area contributed by atoms with E-state index in [-0.39, 0.29) is 5.97 Å². The Morgan fingerprint density at radius 1 is 1.38 bits per heavy atom. The summed E-state index contributed by atoms with van der Waals surface area (Å²) in [6, 6.07) is 9.53. The second-order valence-electron chi connectivity index (χ2n) is 5.92. The van der Waals surface area contributed by atoms with Crippen LogP contribution in [0.4, 0.5) is 0 Å². The van der Waals surface area contributed by atoms with Crippen molar-refractivity contribution in [2.24, 2.45) is 11.7 Å². The van der Waals surface area contributed by atoms with Crippen molar-refractivity contribution >= 4 is 5.97 Å². The highest BCUT2D eigenvalue weighted by molar-refractivity contribution is 5.82. The van der Waals surface area contributed by atoms with Gasteiger partial charge in [-0.15, -0.1) is 0 Å². The molecule has 0 heterocycles. The minimum absolute atomic E-state index is 0.365. The van der Waals surface area contributed by atoms with Crippen molar-refractivity contribution in [3.8, 4) is 0 Å². The van der Waals surface area contributed by atoms with E-state index < -0.39 is 5.54 Å². The molecule has 0 spiro atoms. The van der Waals surface area contributed by atoms with Crippen molar-refractivity contribution in [3.63, 3.8) is 0 Å². The molecule has 21 heavy (non-hydrogen) atoms. The van der Waals surface area contributed by atoms with Gasteiger partial charge >= 0.3 is 5.97 Å². The highest BCUT2D eigenvalue weighted by Crippen LogP contribution is 2.30. The number of carbonyl (C=O) groups is 1. The zero-order valence-corrected chi connectivity index (χ0v) is 13.0. The molecule has 1 aromatic rings. The SMILES string of the molecule is CCN(CCC(N)(C(=O)OC)c1ccccc1)CC1CC1. The van der Waals surface area contributed by atoms with Crippen molar-refractivity contribution in [2.75, 3.05) is 26.7 Å². The summed E-state index contributed by atoms with van der Waals surface area (Å²) in [7, 11) is 1.40. The minimum Gasteiger partial charge on any atom is -0.467 e. The Morgan fingerprint density at radius 2 is 2.05 bits per heavy atom. The average molecular weight is 290 g/mol. The summed E-state index contributed by atoms with van der Waals surface area (Å²) in [5, 5.41) is 0. The molecule has 0 radical (unpaired) electrons. The second-order valence-corrected chi connectivity index (χ2v) is 5.92. The topological polar surface area (TPSA) is 55.6 Å². The Labute approximate surface area is 127 Å². The smallest absolute Gasteiger partial charge is 0.330 e. The van der Waals surface area contributed by atoms with E-state index >= 15 is 0 Å². The van der Waals surface area contributed by atoms with E-state index in [1.165, 1.54) is 20.0 Å². The summed E-state index contributed by atoms with van der Waals surface area (Å²) in [4.78, 5) is 14.6. The number of carbonyl (C=O) groups excluding carboxylic acids is 1. The molecule has 2 N–H and O–H groups in total. The predicted molar refractivity (Wildman–Crippen MR) is 83.8 cm³/mol. The summed E-state index contributed by atoms with van der Waals surface area (Å²) < 4.78 is 4.95. The Balaban J connectivity index is 2.07. The Bertz CT molecular complexity index is 459. The maximum absolute atomic E-state index is 12.2. The van der Waals surface area contributed by atoms with E-state index in [4.69, 9.17) is 10.5 Å². The number of benzene rings is 1. The summed E-state index contributed by atoms with van der Waals surface area (Å²) >= 11 is 0. The molecule has 1 atom stereocenters. The third kappa shape index (κ3) is 4.05. The van der Waals surface area contributed by atoms with Gasteiger partial charge in [0.15, 0.2) is 0 Å². The van der Waals surface area contributed by atoms with Crippen LogP contribution >= 0.6 is 0 Å². The summed E-state index contributed by atoms with van der Waals surface area (Å²) in [5.74, 6) is 0.475. The molecule has 4 heteroatoms. The van der Waals surface area contributed by atoms with Crippen molar-refractivity contribution in [3.05, 3.63) is 35.9 Å². The molecule has 116 valence electrons. The average Bonchev–Trinajstić information content (AvgIpc) is 3.35. The van der Waals surface area contributed by atoms with Gasteiger partial charge in [0.05, 0.1) is 7.11 Å². The largest absolute Gasteiger partial charge is 0.467 e. The number of hydrogen-bond acceptors (Lipinski definition) is 4. The predicted octanol–water partition coefficient (Wildman–Crippen LogP) is 2.14. The fraction of sp³-hybridized carbons (Fsp3) is 0.588. The molecule has 1 unspecified atom stereocenters. The van der Waals surface area contributed by atoms with Crippen molar-refractivity contribution < 1.29 is 9.53 Å². The first-order valence-corrected chi connectivity index (χ1v) is 7.75. The molecule has 0 aromatic heterocycles. The van der Waals surface area contributed by atoms with Crippen LogP contribution in [0.25, 0.3) is 0 Å². The molecule has 1 aliphatic carbocycles. The van der Waals surface area contributed by atoms with Crippen LogP contribution in [-0.4, -0.2) is 37.6 Å². The maximum Gasteiger partial charge on any atom is 0.330 e. The molecular formula is C17H26N2O2. The van der Waals surface area contributed by atoms with Gasteiger partial charge in [-0.05, 0) is 37.3 Å². The van der Waals surface area contributed by atoms with Gasteiger partial charge in [-0.3, -0.25) is 0 Å². The molecule has 0 aliphatic heterocycles. The van der Waals surface area contributed by atoms with Crippen molar-refractivity contribution in [2.45, 2.75) is 31.7 Å². The number of rotatable bonds is 8. The maximum atomic E-state index is 12.2. The Morgan fingerprint density at radius 3 is 2.57 bits per heavy atom. The molecule has 0 saturated heterocycles. The molecule has 2 rings (SSSR count). The fourth-order valence-corrected chi connectivity index (χ4v) is 2.66. The molecule has 0 bridgehead atoms. The second kappa shape index (κ2) is 7.05. The van der Waals surface area contributed by atoms with Gasteiger partial charge < -0.3 is 15.4 Å². The zero-order valence-electron chi connectivity index (χ0n) is 13.0. The highest BCUT2D eigenvalue weighted by Gasteiger charge is 2.37. The molecule has 1 aliphatic rings. The molecule has 1 aromatic carbocycles. The third-order valence-corrected chi connectivity index (χ3v) is 4.32. The van der Waals surface area contributed by atoms with E-state index in [0.717, 1.165) is 31.1 Å². The molecule has 0 amide bonds.